The second kappa shape index (κ2) is 9.95. The van der Waals surface area contributed by atoms with Gasteiger partial charge in [-0.3, -0.25) is 4.79 Å². The third kappa shape index (κ3) is 5.73. The van der Waals surface area contributed by atoms with Gasteiger partial charge in [0.1, 0.15) is 11.1 Å². The fourth-order valence-electron chi connectivity index (χ4n) is 3.09. The highest BCUT2D eigenvalue weighted by Crippen LogP contribution is 2.35. The monoisotopic (exact) mass is 394 g/mol. The summed E-state index contributed by atoms with van der Waals surface area (Å²) in [6, 6.07) is 16.6. The summed E-state index contributed by atoms with van der Waals surface area (Å²) in [5, 5.41) is 6.25. The van der Waals surface area contributed by atoms with Gasteiger partial charge in [0.15, 0.2) is 0 Å². The van der Waals surface area contributed by atoms with Gasteiger partial charge in [-0.15, -0.1) is 24.2 Å². The van der Waals surface area contributed by atoms with Gasteiger partial charge in [-0.05, 0) is 56.1 Å². The highest BCUT2D eigenvalue weighted by molar-refractivity contribution is 8.00. The maximum atomic E-state index is 13.2. The van der Waals surface area contributed by atoms with Gasteiger partial charge in [-0.25, -0.2) is 4.39 Å². The van der Waals surface area contributed by atoms with Crippen molar-refractivity contribution in [2.75, 3.05) is 6.54 Å². The van der Waals surface area contributed by atoms with Gasteiger partial charge in [-0.2, -0.15) is 0 Å². The van der Waals surface area contributed by atoms with E-state index in [0.29, 0.717) is 6.04 Å². The summed E-state index contributed by atoms with van der Waals surface area (Å²) in [6.45, 7) is 3.06. The van der Waals surface area contributed by atoms with Gasteiger partial charge in [-0.1, -0.05) is 30.3 Å². The van der Waals surface area contributed by atoms with E-state index in [4.69, 9.17) is 0 Å². The van der Waals surface area contributed by atoms with Crippen LogP contribution >= 0.6 is 24.2 Å². The number of nitrogens with one attached hydrogen (secondary N) is 2. The van der Waals surface area contributed by atoms with Crippen molar-refractivity contribution >= 4 is 30.1 Å². The van der Waals surface area contributed by atoms with Crippen molar-refractivity contribution in [3.05, 3.63) is 66.0 Å². The minimum absolute atomic E-state index is 0. The topological polar surface area (TPSA) is 41.1 Å². The third-order valence-electron chi connectivity index (χ3n) is 4.38. The van der Waals surface area contributed by atoms with Crippen molar-refractivity contribution < 1.29 is 9.18 Å². The second-order valence-corrected chi connectivity index (χ2v) is 7.63. The molecule has 1 heterocycles. The fraction of sp³-hybridized carbons (Fsp3) is 0.350. The minimum Gasteiger partial charge on any atom is -0.352 e. The van der Waals surface area contributed by atoms with E-state index in [1.54, 1.807) is 12.1 Å². The highest BCUT2D eigenvalue weighted by Gasteiger charge is 2.26. The molecule has 2 aromatic rings. The maximum Gasteiger partial charge on any atom is 0.238 e. The molecule has 1 fully saturated rings. The Morgan fingerprint density at radius 2 is 1.88 bits per heavy atom. The average molecular weight is 395 g/mol. The lowest BCUT2D eigenvalue weighted by molar-refractivity contribution is -0.121. The smallest absolute Gasteiger partial charge is 0.238 e. The molecule has 1 saturated heterocycles. The third-order valence-corrected chi connectivity index (χ3v) is 5.64. The SMILES string of the molecule is CC1CC(NC(=O)C(Sc2ccc(F)cc2)c2ccccc2)CCN1.Cl. The van der Waals surface area contributed by atoms with Crippen LogP contribution in [-0.2, 0) is 4.79 Å². The Hall–Kier alpha value is -1.56. The summed E-state index contributed by atoms with van der Waals surface area (Å²) < 4.78 is 13.2. The van der Waals surface area contributed by atoms with Gasteiger partial charge in [0.25, 0.3) is 0 Å². The van der Waals surface area contributed by atoms with Crippen molar-refractivity contribution in [3.63, 3.8) is 0 Å². The number of rotatable bonds is 5. The number of piperidine rings is 1. The molecule has 6 heteroatoms. The molecule has 0 radical (unpaired) electrons. The molecule has 3 atom stereocenters. The lowest BCUT2D eigenvalue weighted by Crippen LogP contribution is -2.47. The molecule has 2 N–H and O–H groups in total. The number of thioether (sulfide) groups is 1. The van der Waals surface area contributed by atoms with Crippen molar-refractivity contribution in [2.45, 2.75) is 42.0 Å². The van der Waals surface area contributed by atoms with Crippen LogP contribution < -0.4 is 10.6 Å². The molecule has 140 valence electrons. The van der Waals surface area contributed by atoms with Gasteiger partial charge >= 0.3 is 0 Å². The zero-order chi connectivity index (χ0) is 17.6. The number of hydrogen-bond acceptors (Lipinski definition) is 3. The van der Waals surface area contributed by atoms with Crippen LogP contribution in [0.1, 0.15) is 30.6 Å². The van der Waals surface area contributed by atoms with Crippen LogP contribution in [-0.4, -0.2) is 24.5 Å². The zero-order valence-electron chi connectivity index (χ0n) is 14.7. The Morgan fingerprint density at radius 3 is 2.54 bits per heavy atom. The molecule has 0 saturated carbocycles. The Kier molecular flexibility index (Phi) is 7.94. The first-order valence-corrected chi connectivity index (χ1v) is 9.50. The maximum absolute atomic E-state index is 13.2. The first-order valence-electron chi connectivity index (χ1n) is 8.63. The largest absolute Gasteiger partial charge is 0.352 e. The molecule has 0 aromatic heterocycles. The number of benzene rings is 2. The van der Waals surface area contributed by atoms with Crippen LogP contribution in [0.2, 0.25) is 0 Å². The molecule has 1 amide bonds. The van der Waals surface area contributed by atoms with Crippen molar-refractivity contribution in [2.24, 2.45) is 0 Å². The van der Waals surface area contributed by atoms with Crippen LogP contribution in [0, 0.1) is 5.82 Å². The Morgan fingerprint density at radius 1 is 1.19 bits per heavy atom. The minimum atomic E-state index is -0.350. The number of amides is 1. The molecule has 26 heavy (non-hydrogen) atoms. The predicted molar refractivity (Wildman–Crippen MR) is 107 cm³/mol. The van der Waals surface area contributed by atoms with E-state index >= 15 is 0 Å². The zero-order valence-corrected chi connectivity index (χ0v) is 16.3. The summed E-state index contributed by atoms with van der Waals surface area (Å²) in [6.07, 6.45) is 1.88. The van der Waals surface area contributed by atoms with E-state index in [0.717, 1.165) is 29.8 Å². The molecule has 3 nitrogen and oxygen atoms in total. The average Bonchev–Trinajstić information content (AvgIpc) is 2.62. The summed E-state index contributed by atoms with van der Waals surface area (Å²) >= 11 is 1.45. The number of carbonyl (C=O) groups excluding carboxylic acids is 1. The summed E-state index contributed by atoms with van der Waals surface area (Å²) in [4.78, 5) is 13.8. The van der Waals surface area contributed by atoms with Crippen LogP contribution in [0.15, 0.2) is 59.5 Å². The Labute approximate surface area is 164 Å². The summed E-state index contributed by atoms with van der Waals surface area (Å²) in [5.74, 6) is -0.256. The van der Waals surface area contributed by atoms with E-state index in [1.807, 2.05) is 30.3 Å². The van der Waals surface area contributed by atoms with Crippen molar-refractivity contribution in [1.82, 2.24) is 10.6 Å². The van der Waals surface area contributed by atoms with Crippen LogP contribution in [0.25, 0.3) is 0 Å². The lowest BCUT2D eigenvalue weighted by Gasteiger charge is -2.30. The van der Waals surface area contributed by atoms with Crippen LogP contribution in [0.3, 0.4) is 0 Å². The van der Waals surface area contributed by atoms with Crippen LogP contribution in [0.4, 0.5) is 4.39 Å². The van der Waals surface area contributed by atoms with Gasteiger partial charge in [0.05, 0.1) is 0 Å². The molecule has 3 rings (SSSR count). The standard InChI is InChI=1S/C20H23FN2OS.ClH/c1-14-13-17(11-12-22-14)23-20(24)19(15-5-3-2-4-6-15)25-18-9-7-16(21)8-10-18;/h2-10,14,17,19,22H,11-13H2,1H3,(H,23,24);1H. The van der Waals surface area contributed by atoms with Gasteiger partial charge in [0.2, 0.25) is 5.91 Å². The van der Waals surface area contributed by atoms with E-state index < -0.39 is 0 Å². The molecule has 0 bridgehead atoms. The van der Waals surface area contributed by atoms with Gasteiger partial charge in [0, 0.05) is 17.0 Å². The highest BCUT2D eigenvalue weighted by atomic mass is 35.5. The van der Waals surface area contributed by atoms with E-state index in [-0.39, 0.29) is 35.4 Å². The quantitative estimate of drug-likeness (QED) is 0.741. The first-order chi connectivity index (χ1) is 12.1. The fourth-order valence-corrected chi connectivity index (χ4v) is 4.12. The summed E-state index contributed by atoms with van der Waals surface area (Å²) in [7, 11) is 0. The molecule has 0 aliphatic carbocycles. The second-order valence-electron chi connectivity index (χ2n) is 6.45. The van der Waals surface area contributed by atoms with E-state index in [1.165, 1.54) is 23.9 Å². The van der Waals surface area contributed by atoms with Crippen LogP contribution in [0.5, 0.6) is 0 Å². The molecule has 1 aliphatic heterocycles. The lowest BCUT2D eigenvalue weighted by atomic mass is 10.00. The Balaban J connectivity index is 0.00000243. The number of halogens is 2. The first kappa shape index (κ1) is 20.7. The molecule has 1 aliphatic rings. The molecule has 0 spiro atoms. The Bertz CT molecular complexity index is 699. The molecule has 2 aromatic carbocycles. The predicted octanol–water partition coefficient (Wildman–Crippen LogP) is 4.34. The molecular formula is C20H24ClFN2OS. The van der Waals surface area contributed by atoms with E-state index in [2.05, 4.69) is 17.6 Å². The van der Waals surface area contributed by atoms with E-state index in [9.17, 15) is 9.18 Å². The van der Waals surface area contributed by atoms with Gasteiger partial charge < -0.3 is 10.6 Å². The molecule has 3 unspecified atom stereocenters. The number of hydrogen-bond donors (Lipinski definition) is 2. The normalized spacial score (nSPS) is 20.7. The van der Waals surface area contributed by atoms with Crippen molar-refractivity contribution in [1.29, 1.82) is 0 Å². The summed E-state index contributed by atoms with van der Waals surface area (Å²) in [5.41, 5.74) is 0.955. The molecular weight excluding hydrogens is 371 g/mol. The number of carbonyl (C=O) groups is 1. The van der Waals surface area contributed by atoms with Crippen molar-refractivity contribution in [3.8, 4) is 0 Å².